The molecule has 1 aromatic heterocycles. The molecule has 0 spiro atoms. The fourth-order valence-electron chi connectivity index (χ4n) is 2.71. The smallest absolute Gasteiger partial charge is 0.311 e. The summed E-state index contributed by atoms with van der Waals surface area (Å²) in [4.78, 5) is 40.3. The molecule has 0 aromatic carbocycles. The zero-order chi connectivity index (χ0) is 17.5. The van der Waals surface area contributed by atoms with Gasteiger partial charge in [0.2, 0.25) is 5.91 Å². The Morgan fingerprint density at radius 2 is 2.21 bits per heavy atom. The molecular weight excluding hydrogens is 328 g/mol. The van der Waals surface area contributed by atoms with E-state index in [1.807, 2.05) is 24.4 Å². The predicted octanol–water partition coefficient (Wildman–Crippen LogP) is 1.90. The molecule has 24 heavy (non-hydrogen) atoms. The maximum absolute atomic E-state index is 12.2. The van der Waals surface area contributed by atoms with Gasteiger partial charge in [-0.2, -0.15) is 0 Å². The summed E-state index contributed by atoms with van der Waals surface area (Å²) in [6.45, 7) is 3.16. The summed E-state index contributed by atoms with van der Waals surface area (Å²) in [6, 6.07) is 3.90. The van der Waals surface area contributed by atoms with Crippen molar-refractivity contribution in [3.8, 4) is 0 Å². The van der Waals surface area contributed by atoms with E-state index in [0.29, 0.717) is 32.5 Å². The lowest BCUT2D eigenvalue weighted by atomic mass is 9.98. The zero-order valence-electron chi connectivity index (χ0n) is 14.2. The van der Waals surface area contributed by atoms with Crippen molar-refractivity contribution < 1.29 is 19.1 Å². The van der Waals surface area contributed by atoms with Crippen LogP contribution in [0.3, 0.4) is 0 Å². The van der Waals surface area contributed by atoms with Crippen LogP contribution in [0.5, 0.6) is 0 Å². The van der Waals surface area contributed by atoms with Gasteiger partial charge in [-0.15, -0.1) is 11.3 Å². The molecule has 2 heterocycles. The van der Waals surface area contributed by atoms with E-state index in [0.717, 1.165) is 11.3 Å². The van der Waals surface area contributed by atoms with Crippen LogP contribution >= 0.6 is 11.3 Å². The molecule has 6 nitrogen and oxygen atoms in total. The summed E-state index contributed by atoms with van der Waals surface area (Å²) in [5.41, 5.74) is 0. The number of hydrogen-bond acceptors (Lipinski definition) is 5. The summed E-state index contributed by atoms with van der Waals surface area (Å²) in [6.07, 6.45) is 1.93. The van der Waals surface area contributed by atoms with Gasteiger partial charge in [0, 0.05) is 31.4 Å². The van der Waals surface area contributed by atoms with E-state index in [1.54, 1.807) is 28.2 Å². The molecule has 0 bridgehead atoms. The van der Waals surface area contributed by atoms with Crippen LogP contribution in [0.1, 0.15) is 31.1 Å². The molecule has 1 saturated heterocycles. The van der Waals surface area contributed by atoms with E-state index in [1.165, 1.54) is 0 Å². The van der Waals surface area contributed by atoms with Gasteiger partial charge in [0.1, 0.15) is 0 Å². The Hall–Kier alpha value is -1.89. The van der Waals surface area contributed by atoms with Crippen LogP contribution in [0.2, 0.25) is 0 Å². The van der Waals surface area contributed by atoms with E-state index in [-0.39, 0.29) is 30.3 Å². The van der Waals surface area contributed by atoms with Crippen molar-refractivity contribution in [1.29, 1.82) is 0 Å². The molecule has 2 amide bonds. The number of hydrogen-bond donors (Lipinski definition) is 0. The van der Waals surface area contributed by atoms with E-state index >= 15 is 0 Å². The van der Waals surface area contributed by atoms with Crippen LogP contribution in [0.4, 0.5) is 0 Å². The average Bonchev–Trinajstić information content (AvgIpc) is 3.11. The quantitative estimate of drug-likeness (QED) is 0.734. The summed E-state index contributed by atoms with van der Waals surface area (Å²) < 4.78 is 5.18. The molecule has 1 aliphatic rings. The maximum atomic E-state index is 12.2. The van der Waals surface area contributed by atoms with Crippen LogP contribution in [0, 0.1) is 5.92 Å². The second-order valence-corrected chi connectivity index (χ2v) is 7.00. The second-order valence-electron chi connectivity index (χ2n) is 5.97. The number of likely N-dealkylation sites (N-methyl/N-ethyl adjacent to an activating group) is 1. The summed E-state index contributed by atoms with van der Waals surface area (Å²) in [5.74, 6) is -0.889. The molecule has 1 atom stereocenters. The van der Waals surface area contributed by atoms with Crippen molar-refractivity contribution in [2.75, 3.05) is 26.7 Å². The fourth-order valence-corrected chi connectivity index (χ4v) is 3.46. The lowest BCUT2D eigenvalue weighted by Gasteiger charge is -2.31. The Morgan fingerprint density at radius 1 is 1.42 bits per heavy atom. The average molecular weight is 352 g/mol. The Balaban J connectivity index is 1.77. The number of piperidine rings is 1. The lowest BCUT2D eigenvalue weighted by molar-refractivity contribution is -0.157. The van der Waals surface area contributed by atoms with Gasteiger partial charge < -0.3 is 14.5 Å². The van der Waals surface area contributed by atoms with Gasteiger partial charge >= 0.3 is 5.97 Å². The molecule has 1 unspecified atom stereocenters. The van der Waals surface area contributed by atoms with Crippen molar-refractivity contribution in [3.05, 3.63) is 22.4 Å². The number of nitrogens with zero attached hydrogens (tertiary/aromatic N) is 2. The van der Waals surface area contributed by atoms with Crippen LogP contribution in [-0.2, 0) is 25.7 Å². The highest BCUT2D eigenvalue weighted by Crippen LogP contribution is 2.18. The summed E-state index contributed by atoms with van der Waals surface area (Å²) >= 11 is 1.58. The third-order valence-corrected chi connectivity index (χ3v) is 5.01. The Bertz CT molecular complexity index is 573. The first-order valence-electron chi connectivity index (χ1n) is 8.22. The van der Waals surface area contributed by atoms with Crippen molar-refractivity contribution in [2.24, 2.45) is 5.92 Å². The zero-order valence-corrected chi connectivity index (χ0v) is 15.0. The third-order valence-electron chi connectivity index (χ3n) is 4.15. The third kappa shape index (κ3) is 5.06. The Kier molecular flexibility index (Phi) is 6.78. The first-order valence-corrected chi connectivity index (χ1v) is 9.10. The molecule has 0 N–H and O–H groups in total. The van der Waals surface area contributed by atoms with Gasteiger partial charge in [0.15, 0.2) is 6.61 Å². The van der Waals surface area contributed by atoms with Crippen molar-refractivity contribution >= 4 is 29.1 Å². The minimum Gasteiger partial charge on any atom is -0.455 e. The predicted molar refractivity (Wildman–Crippen MR) is 91.3 cm³/mol. The SMILES string of the molecule is CCC(=O)N1CCCC(C(=O)OCC(=O)N(C)Cc2cccs2)C1. The minimum atomic E-state index is -0.388. The molecule has 7 heteroatoms. The van der Waals surface area contributed by atoms with Gasteiger partial charge in [-0.05, 0) is 24.3 Å². The van der Waals surface area contributed by atoms with E-state index in [4.69, 9.17) is 4.74 Å². The van der Waals surface area contributed by atoms with Crippen LogP contribution < -0.4 is 0 Å². The van der Waals surface area contributed by atoms with Crippen molar-refractivity contribution in [1.82, 2.24) is 9.80 Å². The number of amides is 2. The largest absolute Gasteiger partial charge is 0.455 e. The Morgan fingerprint density at radius 3 is 2.88 bits per heavy atom. The number of carbonyl (C=O) groups excluding carboxylic acids is 3. The molecule has 0 radical (unpaired) electrons. The number of thiophene rings is 1. The van der Waals surface area contributed by atoms with Gasteiger partial charge in [-0.25, -0.2) is 0 Å². The normalized spacial score (nSPS) is 17.4. The summed E-state index contributed by atoms with van der Waals surface area (Å²) in [5, 5.41) is 1.96. The van der Waals surface area contributed by atoms with Crippen molar-refractivity contribution in [3.63, 3.8) is 0 Å². The number of likely N-dealkylation sites (tertiary alicyclic amines) is 1. The molecule has 0 aliphatic carbocycles. The highest BCUT2D eigenvalue weighted by Gasteiger charge is 2.29. The molecule has 132 valence electrons. The van der Waals surface area contributed by atoms with E-state index in [9.17, 15) is 14.4 Å². The molecule has 0 saturated carbocycles. The molecular formula is C17H24N2O4S. The molecule has 2 rings (SSSR count). The number of ether oxygens (including phenoxy) is 1. The van der Waals surface area contributed by atoms with E-state index < -0.39 is 0 Å². The molecule has 1 aliphatic heterocycles. The number of esters is 1. The van der Waals surface area contributed by atoms with Crippen LogP contribution in [0.15, 0.2) is 17.5 Å². The molecule has 1 aromatic rings. The highest BCUT2D eigenvalue weighted by molar-refractivity contribution is 7.09. The Labute approximate surface area is 146 Å². The standard InChI is InChI=1S/C17H24N2O4S/c1-3-15(20)19-8-4-6-13(10-19)17(22)23-12-16(21)18(2)11-14-7-5-9-24-14/h5,7,9,13H,3-4,6,8,10-12H2,1-2H3. The topological polar surface area (TPSA) is 66.9 Å². The lowest BCUT2D eigenvalue weighted by Crippen LogP contribution is -2.43. The number of carbonyl (C=O) groups is 3. The second kappa shape index (κ2) is 8.82. The van der Waals surface area contributed by atoms with Gasteiger partial charge in [-0.3, -0.25) is 14.4 Å². The first kappa shape index (κ1) is 18.4. The first-order chi connectivity index (χ1) is 11.5. The maximum Gasteiger partial charge on any atom is 0.311 e. The van der Waals surface area contributed by atoms with Gasteiger partial charge in [-0.1, -0.05) is 13.0 Å². The van der Waals surface area contributed by atoms with Crippen LogP contribution in [-0.4, -0.2) is 54.3 Å². The van der Waals surface area contributed by atoms with Gasteiger partial charge in [0.25, 0.3) is 5.91 Å². The number of rotatable bonds is 6. The monoisotopic (exact) mass is 352 g/mol. The van der Waals surface area contributed by atoms with Crippen molar-refractivity contribution in [2.45, 2.75) is 32.7 Å². The molecule has 1 fully saturated rings. The minimum absolute atomic E-state index is 0.0549. The van der Waals surface area contributed by atoms with Gasteiger partial charge in [0.05, 0.1) is 12.5 Å². The highest BCUT2D eigenvalue weighted by atomic mass is 32.1. The fraction of sp³-hybridized carbons (Fsp3) is 0.588. The summed E-state index contributed by atoms with van der Waals surface area (Å²) in [7, 11) is 1.69. The van der Waals surface area contributed by atoms with Crippen LogP contribution in [0.25, 0.3) is 0 Å². The van der Waals surface area contributed by atoms with E-state index in [2.05, 4.69) is 0 Å².